The molecule has 1 rings (SSSR count). The van der Waals surface area contributed by atoms with Crippen molar-refractivity contribution in [3.05, 3.63) is 30.0 Å². The Hall–Kier alpha value is -2.72. The zero-order valence-corrected chi connectivity index (χ0v) is 12.5. The fourth-order valence-corrected chi connectivity index (χ4v) is 1.56. The van der Waals surface area contributed by atoms with Crippen molar-refractivity contribution >= 4 is 11.7 Å². The largest absolute Gasteiger partial charge is 0.493 e. The van der Waals surface area contributed by atoms with Crippen molar-refractivity contribution in [2.75, 3.05) is 32.8 Å². The second-order valence-electron chi connectivity index (χ2n) is 4.18. The summed E-state index contributed by atoms with van der Waals surface area (Å²) in [6.07, 6.45) is 1.85. The number of carbonyl (C=O) groups is 1. The van der Waals surface area contributed by atoms with E-state index in [-0.39, 0.29) is 0 Å². The summed E-state index contributed by atoms with van der Waals surface area (Å²) in [7, 11) is 3.15. The molecule has 118 valence electrons. The van der Waals surface area contributed by atoms with E-state index in [0.29, 0.717) is 30.4 Å². The molecule has 0 fully saturated rings. The number of benzene rings is 1. The van der Waals surface area contributed by atoms with E-state index in [1.165, 1.54) is 7.11 Å². The molecule has 0 aromatic heterocycles. The van der Waals surface area contributed by atoms with E-state index >= 15 is 0 Å². The predicted molar refractivity (Wildman–Crippen MR) is 79.9 cm³/mol. The van der Waals surface area contributed by atoms with Crippen molar-refractivity contribution in [1.29, 1.82) is 5.26 Å². The highest BCUT2D eigenvalue weighted by Crippen LogP contribution is 2.30. The van der Waals surface area contributed by atoms with Gasteiger partial charge in [0.2, 0.25) is 0 Å². The summed E-state index contributed by atoms with van der Waals surface area (Å²) in [4.78, 5) is 10.7. The van der Waals surface area contributed by atoms with Crippen LogP contribution in [0.1, 0.15) is 6.42 Å². The van der Waals surface area contributed by atoms with Gasteiger partial charge in [-0.2, -0.15) is 5.26 Å². The first-order chi connectivity index (χ1) is 10.6. The van der Waals surface area contributed by atoms with Crippen LogP contribution in [0.2, 0.25) is 0 Å². The molecule has 1 aromatic carbocycles. The number of carboxylic acid groups (broad SMARTS) is 1. The smallest absolute Gasteiger partial charge is 0.347 e. The molecule has 2 N–H and O–H groups in total. The molecule has 7 nitrogen and oxygen atoms in total. The van der Waals surface area contributed by atoms with Gasteiger partial charge in [0.25, 0.3) is 0 Å². The Balaban J connectivity index is 2.81. The molecule has 0 aliphatic heterocycles. The maximum atomic E-state index is 10.7. The monoisotopic (exact) mass is 306 g/mol. The van der Waals surface area contributed by atoms with Gasteiger partial charge in [0.05, 0.1) is 13.7 Å². The maximum absolute atomic E-state index is 10.7. The molecule has 0 bridgehead atoms. The Kier molecular flexibility index (Phi) is 7.29. The summed E-state index contributed by atoms with van der Waals surface area (Å²) >= 11 is 0. The molecule has 0 radical (unpaired) electrons. The van der Waals surface area contributed by atoms with Gasteiger partial charge in [-0.15, -0.1) is 0 Å². The second kappa shape index (κ2) is 9.26. The molecular weight excluding hydrogens is 288 g/mol. The standard InChI is InChI=1S/C15H18N2O5/c1-20-6-3-7-22-14-8-12(4-5-13(14)21-2)17-10-11(9-16)15(18)19/h4-5,8,10,17H,3,6-7H2,1-2H3,(H,18,19)/b11-10+. The Labute approximate surface area is 128 Å². The molecule has 0 aliphatic rings. The summed E-state index contributed by atoms with van der Waals surface area (Å²) in [6.45, 7) is 1.05. The Morgan fingerprint density at radius 2 is 2.14 bits per heavy atom. The first kappa shape index (κ1) is 17.3. The SMILES string of the molecule is COCCCOc1cc(N/C=C(\C#N)C(=O)O)ccc1OC. The molecule has 0 saturated heterocycles. The van der Waals surface area contributed by atoms with E-state index in [4.69, 9.17) is 24.6 Å². The molecule has 1 aromatic rings. The Morgan fingerprint density at radius 1 is 1.36 bits per heavy atom. The molecule has 0 saturated carbocycles. The van der Waals surface area contributed by atoms with E-state index in [1.807, 2.05) is 0 Å². The predicted octanol–water partition coefficient (Wildman–Crippen LogP) is 2.01. The third-order valence-electron chi connectivity index (χ3n) is 2.65. The van der Waals surface area contributed by atoms with Crippen LogP contribution in [0.4, 0.5) is 5.69 Å². The van der Waals surface area contributed by atoms with Gasteiger partial charge in [-0.25, -0.2) is 4.79 Å². The summed E-state index contributed by atoms with van der Waals surface area (Å²) in [5, 5.41) is 20.2. The number of nitrogens with one attached hydrogen (secondary N) is 1. The van der Waals surface area contributed by atoms with Crippen LogP contribution in [0.3, 0.4) is 0 Å². The average molecular weight is 306 g/mol. The van der Waals surface area contributed by atoms with Crippen LogP contribution < -0.4 is 14.8 Å². The lowest BCUT2D eigenvalue weighted by atomic mass is 10.2. The summed E-state index contributed by atoms with van der Waals surface area (Å²) < 4.78 is 15.7. The van der Waals surface area contributed by atoms with Crippen LogP contribution in [0.5, 0.6) is 11.5 Å². The molecule has 0 spiro atoms. The first-order valence-electron chi connectivity index (χ1n) is 6.52. The van der Waals surface area contributed by atoms with Gasteiger partial charge >= 0.3 is 5.97 Å². The number of methoxy groups -OCH3 is 2. The summed E-state index contributed by atoms with van der Waals surface area (Å²) in [5.41, 5.74) is 0.190. The van der Waals surface area contributed by atoms with Crippen molar-refractivity contribution in [3.8, 4) is 17.6 Å². The van der Waals surface area contributed by atoms with Crippen LogP contribution in [0, 0.1) is 11.3 Å². The van der Waals surface area contributed by atoms with Crippen molar-refractivity contribution in [2.24, 2.45) is 0 Å². The molecule has 0 heterocycles. The van der Waals surface area contributed by atoms with Gasteiger partial charge in [0, 0.05) is 38.1 Å². The maximum Gasteiger partial charge on any atom is 0.347 e. The summed E-state index contributed by atoms with van der Waals surface area (Å²) in [5.74, 6) is -0.212. The lowest BCUT2D eigenvalue weighted by Crippen LogP contribution is -2.04. The second-order valence-corrected chi connectivity index (χ2v) is 4.18. The van der Waals surface area contributed by atoms with Crippen LogP contribution in [-0.2, 0) is 9.53 Å². The van der Waals surface area contributed by atoms with Crippen LogP contribution in [-0.4, -0.2) is 38.5 Å². The normalized spacial score (nSPS) is 10.7. The fraction of sp³-hybridized carbons (Fsp3) is 0.333. The fourth-order valence-electron chi connectivity index (χ4n) is 1.56. The number of nitrogens with zero attached hydrogens (tertiary/aromatic N) is 1. The van der Waals surface area contributed by atoms with Gasteiger partial charge in [0.1, 0.15) is 6.07 Å². The van der Waals surface area contributed by atoms with Gasteiger partial charge in [-0.1, -0.05) is 0 Å². The first-order valence-corrected chi connectivity index (χ1v) is 6.52. The van der Waals surface area contributed by atoms with Crippen molar-refractivity contribution in [3.63, 3.8) is 0 Å². The minimum Gasteiger partial charge on any atom is -0.493 e. The lowest BCUT2D eigenvalue weighted by molar-refractivity contribution is -0.132. The number of hydrogen-bond acceptors (Lipinski definition) is 6. The number of carboxylic acids is 1. The molecule has 22 heavy (non-hydrogen) atoms. The zero-order valence-electron chi connectivity index (χ0n) is 12.5. The quantitative estimate of drug-likeness (QED) is 0.409. The molecule has 0 unspecified atom stereocenters. The zero-order chi connectivity index (χ0) is 16.4. The minimum absolute atomic E-state index is 0.390. The van der Waals surface area contributed by atoms with Crippen molar-refractivity contribution in [1.82, 2.24) is 0 Å². The molecular formula is C15H18N2O5. The highest BCUT2D eigenvalue weighted by atomic mass is 16.5. The number of nitriles is 1. The minimum atomic E-state index is -1.29. The van der Waals surface area contributed by atoms with Gasteiger partial charge in [0.15, 0.2) is 17.1 Å². The van der Waals surface area contributed by atoms with Crippen molar-refractivity contribution < 1.29 is 24.1 Å². The molecule has 0 atom stereocenters. The third kappa shape index (κ3) is 5.34. The van der Waals surface area contributed by atoms with Gasteiger partial charge in [-0.05, 0) is 12.1 Å². The molecule has 7 heteroatoms. The van der Waals surface area contributed by atoms with E-state index in [9.17, 15) is 4.79 Å². The third-order valence-corrected chi connectivity index (χ3v) is 2.65. The topological polar surface area (TPSA) is 101 Å². The number of rotatable bonds is 9. The number of ether oxygens (including phenoxy) is 3. The van der Waals surface area contributed by atoms with E-state index in [2.05, 4.69) is 5.32 Å². The van der Waals surface area contributed by atoms with Gasteiger partial charge < -0.3 is 24.6 Å². The number of anilines is 1. The van der Waals surface area contributed by atoms with E-state index in [1.54, 1.807) is 31.4 Å². The van der Waals surface area contributed by atoms with Crippen molar-refractivity contribution in [2.45, 2.75) is 6.42 Å². The summed E-state index contributed by atoms with van der Waals surface area (Å²) in [6, 6.07) is 6.63. The highest BCUT2D eigenvalue weighted by molar-refractivity contribution is 5.91. The van der Waals surface area contributed by atoms with E-state index < -0.39 is 11.5 Å². The molecule has 0 aliphatic carbocycles. The highest BCUT2D eigenvalue weighted by Gasteiger charge is 2.07. The van der Waals surface area contributed by atoms with E-state index in [0.717, 1.165) is 12.6 Å². The Bertz CT molecular complexity index is 578. The van der Waals surface area contributed by atoms with Crippen LogP contribution >= 0.6 is 0 Å². The Morgan fingerprint density at radius 3 is 2.73 bits per heavy atom. The lowest BCUT2D eigenvalue weighted by Gasteiger charge is -2.12. The average Bonchev–Trinajstić information content (AvgIpc) is 2.52. The van der Waals surface area contributed by atoms with Crippen LogP contribution in [0.25, 0.3) is 0 Å². The van der Waals surface area contributed by atoms with Crippen LogP contribution in [0.15, 0.2) is 30.0 Å². The molecule has 0 amide bonds. The van der Waals surface area contributed by atoms with Gasteiger partial charge in [-0.3, -0.25) is 0 Å². The number of aliphatic carboxylic acids is 1. The number of hydrogen-bond donors (Lipinski definition) is 2.